The van der Waals surface area contributed by atoms with Crippen LogP contribution in [0.1, 0.15) is 45.4 Å². The van der Waals surface area contributed by atoms with Crippen molar-refractivity contribution in [1.29, 1.82) is 0 Å². The highest BCUT2D eigenvalue weighted by Gasteiger charge is 2.27. The Morgan fingerprint density at radius 1 is 0.950 bits per heavy atom. The second kappa shape index (κ2) is 11.5. The molecule has 0 aromatic carbocycles. The lowest BCUT2D eigenvalue weighted by molar-refractivity contribution is 0.0192. The molecule has 0 bridgehead atoms. The van der Waals surface area contributed by atoms with Crippen LogP contribution in [0.2, 0.25) is 0 Å². The third-order valence-corrected chi connectivity index (χ3v) is 4.28. The summed E-state index contributed by atoms with van der Waals surface area (Å²) in [5, 5.41) is 0. The van der Waals surface area contributed by atoms with Crippen LogP contribution in [0.15, 0.2) is 0 Å². The van der Waals surface area contributed by atoms with Gasteiger partial charge >= 0.3 is 0 Å². The number of nitrogens with two attached hydrogens (primary N) is 1. The molecule has 1 fully saturated rings. The summed E-state index contributed by atoms with van der Waals surface area (Å²) in [6.45, 7) is 5.70. The first kappa shape index (κ1) is 17.9. The van der Waals surface area contributed by atoms with Crippen LogP contribution in [0.4, 0.5) is 0 Å². The van der Waals surface area contributed by atoms with Gasteiger partial charge in [-0.25, -0.2) is 0 Å². The van der Waals surface area contributed by atoms with Gasteiger partial charge in [0.15, 0.2) is 0 Å². The van der Waals surface area contributed by atoms with Crippen LogP contribution >= 0.6 is 0 Å². The van der Waals surface area contributed by atoms with Crippen molar-refractivity contribution in [3.63, 3.8) is 0 Å². The van der Waals surface area contributed by atoms with Crippen LogP contribution in [-0.4, -0.2) is 46.2 Å². The maximum atomic E-state index is 6.24. The first-order valence-corrected chi connectivity index (χ1v) is 8.17. The third-order valence-electron chi connectivity index (χ3n) is 4.28. The van der Waals surface area contributed by atoms with E-state index in [4.69, 9.17) is 19.9 Å². The highest BCUT2D eigenvalue weighted by Crippen LogP contribution is 2.32. The molecule has 1 rings (SSSR count). The van der Waals surface area contributed by atoms with E-state index in [0.717, 1.165) is 18.9 Å². The Morgan fingerprint density at radius 2 is 1.65 bits per heavy atom. The van der Waals surface area contributed by atoms with Gasteiger partial charge in [-0.1, -0.05) is 19.8 Å². The predicted octanol–water partition coefficient (Wildman–Crippen LogP) is 2.60. The normalized spacial score (nSPS) is 26.9. The molecule has 4 heteroatoms. The van der Waals surface area contributed by atoms with Crippen molar-refractivity contribution < 1.29 is 14.2 Å². The van der Waals surface area contributed by atoms with E-state index < -0.39 is 0 Å². The molecule has 1 aliphatic rings. The molecule has 0 aromatic heterocycles. The van der Waals surface area contributed by atoms with Crippen LogP contribution in [-0.2, 0) is 14.2 Å². The summed E-state index contributed by atoms with van der Waals surface area (Å²) in [5.41, 5.74) is 6.24. The summed E-state index contributed by atoms with van der Waals surface area (Å²) >= 11 is 0. The molecule has 3 atom stereocenters. The van der Waals surface area contributed by atoms with Gasteiger partial charge in [-0.05, 0) is 37.5 Å². The highest BCUT2D eigenvalue weighted by molar-refractivity contribution is 4.82. The minimum atomic E-state index is 0.379. The number of ether oxygens (including phenoxy) is 3. The average molecular weight is 287 g/mol. The average Bonchev–Trinajstić information content (AvgIpc) is 2.45. The van der Waals surface area contributed by atoms with Crippen LogP contribution in [0.3, 0.4) is 0 Å². The summed E-state index contributed by atoms with van der Waals surface area (Å²) in [4.78, 5) is 0. The van der Waals surface area contributed by atoms with Crippen LogP contribution in [0.5, 0.6) is 0 Å². The molecule has 0 amide bonds. The largest absolute Gasteiger partial charge is 0.382 e. The summed E-state index contributed by atoms with van der Waals surface area (Å²) in [6.07, 6.45) is 7.55. The second-order valence-corrected chi connectivity index (χ2v) is 5.90. The monoisotopic (exact) mass is 287 g/mol. The summed E-state index contributed by atoms with van der Waals surface area (Å²) < 4.78 is 15.9. The molecule has 0 aromatic rings. The number of hydrogen-bond acceptors (Lipinski definition) is 4. The van der Waals surface area contributed by atoms with E-state index in [2.05, 4.69) is 6.92 Å². The standard InChI is InChI=1S/C16H33NO3/c1-3-4-14-5-6-16(17)15(13-14)7-8-19-11-12-20-10-9-18-2/h14-16H,3-13,17H2,1-2H3. The Bertz CT molecular complexity index is 226. The van der Waals surface area contributed by atoms with E-state index >= 15 is 0 Å². The van der Waals surface area contributed by atoms with Crippen LogP contribution in [0, 0.1) is 11.8 Å². The Morgan fingerprint density at radius 3 is 2.35 bits per heavy atom. The van der Waals surface area contributed by atoms with E-state index in [1.54, 1.807) is 7.11 Å². The van der Waals surface area contributed by atoms with Crippen molar-refractivity contribution in [2.24, 2.45) is 17.6 Å². The zero-order valence-corrected chi connectivity index (χ0v) is 13.3. The number of methoxy groups -OCH3 is 1. The van der Waals surface area contributed by atoms with E-state index in [9.17, 15) is 0 Å². The maximum absolute atomic E-state index is 6.24. The molecule has 0 aliphatic heterocycles. The van der Waals surface area contributed by atoms with Crippen molar-refractivity contribution in [2.75, 3.05) is 40.1 Å². The quantitative estimate of drug-likeness (QED) is 0.594. The SMILES string of the molecule is CCCC1CCC(N)C(CCOCCOCCOC)C1. The first-order valence-electron chi connectivity index (χ1n) is 8.17. The molecule has 2 N–H and O–H groups in total. The number of hydrogen-bond donors (Lipinski definition) is 1. The maximum Gasteiger partial charge on any atom is 0.0701 e. The van der Waals surface area contributed by atoms with Crippen molar-refractivity contribution >= 4 is 0 Å². The molecule has 0 saturated heterocycles. The molecule has 1 saturated carbocycles. The molecule has 0 spiro atoms. The van der Waals surface area contributed by atoms with E-state index in [-0.39, 0.29) is 0 Å². The Kier molecular flexibility index (Phi) is 10.3. The molecular weight excluding hydrogens is 254 g/mol. The summed E-state index contributed by atoms with van der Waals surface area (Å²) in [6, 6.07) is 0.379. The fraction of sp³-hybridized carbons (Fsp3) is 1.00. The van der Waals surface area contributed by atoms with Gasteiger partial charge in [-0.3, -0.25) is 0 Å². The Hall–Kier alpha value is -0.160. The zero-order chi connectivity index (χ0) is 14.6. The van der Waals surface area contributed by atoms with E-state index in [1.165, 1.54) is 32.1 Å². The van der Waals surface area contributed by atoms with Crippen LogP contribution < -0.4 is 5.73 Å². The molecule has 20 heavy (non-hydrogen) atoms. The van der Waals surface area contributed by atoms with Gasteiger partial charge in [-0.2, -0.15) is 0 Å². The van der Waals surface area contributed by atoms with Gasteiger partial charge in [0.2, 0.25) is 0 Å². The van der Waals surface area contributed by atoms with Crippen molar-refractivity contribution in [3.8, 4) is 0 Å². The molecule has 0 heterocycles. The molecule has 3 unspecified atom stereocenters. The smallest absolute Gasteiger partial charge is 0.0701 e. The lowest BCUT2D eigenvalue weighted by Gasteiger charge is -2.34. The first-order chi connectivity index (χ1) is 9.77. The van der Waals surface area contributed by atoms with Crippen LogP contribution in [0.25, 0.3) is 0 Å². The van der Waals surface area contributed by atoms with Gasteiger partial charge in [0.25, 0.3) is 0 Å². The van der Waals surface area contributed by atoms with Gasteiger partial charge in [0.05, 0.1) is 26.4 Å². The van der Waals surface area contributed by atoms with Crippen molar-refractivity contribution in [3.05, 3.63) is 0 Å². The molecular formula is C16H33NO3. The minimum Gasteiger partial charge on any atom is -0.382 e. The second-order valence-electron chi connectivity index (χ2n) is 5.90. The van der Waals surface area contributed by atoms with Gasteiger partial charge in [0, 0.05) is 19.8 Å². The Labute approximate surface area is 124 Å². The third kappa shape index (κ3) is 7.58. The fourth-order valence-corrected chi connectivity index (χ4v) is 3.09. The van der Waals surface area contributed by atoms with E-state index in [0.29, 0.717) is 38.4 Å². The van der Waals surface area contributed by atoms with Gasteiger partial charge in [0.1, 0.15) is 0 Å². The minimum absolute atomic E-state index is 0.379. The predicted molar refractivity (Wildman–Crippen MR) is 81.8 cm³/mol. The molecule has 120 valence electrons. The lowest BCUT2D eigenvalue weighted by atomic mass is 9.75. The van der Waals surface area contributed by atoms with Crippen molar-refractivity contribution in [1.82, 2.24) is 0 Å². The van der Waals surface area contributed by atoms with E-state index in [1.807, 2.05) is 0 Å². The molecule has 1 aliphatic carbocycles. The molecule has 0 radical (unpaired) electrons. The lowest BCUT2D eigenvalue weighted by Crippen LogP contribution is -2.36. The highest BCUT2D eigenvalue weighted by atomic mass is 16.5. The van der Waals surface area contributed by atoms with Crippen molar-refractivity contribution in [2.45, 2.75) is 51.5 Å². The topological polar surface area (TPSA) is 53.7 Å². The Balaban J connectivity index is 2.02. The summed E-state index contributed by atoms with van der Waals surface area (Å²) in [7, 11) is 1.68. The number of rotatable bonds is 11. The van der Waals surface area contributed by atoms with Gasteiger partial charge < -0.3 is 19.9 Å². The summed E-state index contributed by atoms with van der Waals surface area (Å²) in [5.74, 6) is 1.54. The zero-order valence-electron chi connectivity index (χ0n) is 13.3. The fourth-order valence-electron chi connectivity index (χ4n) is 3.09. The molecule has 4 nitrogen and oxygen atoms in total. The van der Waals surface area contributed by atoms with Gasteiger partial charge in [-0.15, -0.1) is 0 Å².